The molecule has 0 aliphatic rings. The summed E-state index contributed by atoms with van der Waals surface area (Å²) in [6.45, 7) is 1.35. The van der Waals surface area contributed by atoms with Gasteiger partial charge in [-0.05, 0) is 28.9 Å². The van der Waals surface area contributed by atoms with Crippen LogP contribution in [0.15, 0.2) is 16.6 Å². The minimum atomic E-state index is -2.64. The Morgan fingerprint density at radius 3 is 2.50 bits per heavy atom. The van der Waals surface area contributed by atoms with E-state index >= 15 is 0 Å². The van der Waals surface area contributed by atoms with Crippen LogP contribution in [0.3, 0.4) is 0 Å². The van der Waals surface area contributed by atoms with Gasteiger partial charge in [-0.25, -0.2) is 8.78 Å². The fourth-order valence-electron chi connectivity index (χ4n) is 1.00. The van der Waals surface area contributed by atoms with E-state index in [1.165, 1.54) is 13.0 Å². The number of hydrogen-bond donors (Lipinski definition) is 0. The molecule has 0 unspecified atom stereocenters. The largest absolute Gasteiger partial charge is 0.294 e. The maximum atomic E-state index is 12.4. The molecule has 0 saturated heterocycles. The van der Waals surface area contributed by atoms with Crippen LogP contribution in [0.1, 0.15) is 29.3 Å². The van der Waals surface area contributed by atoms with E-state index in [2.05, 4.69) is 15.9 Å². The van der Waals surface area contributed by atoms with Crippen molar-refractivity contribution in [1.29, 1.82) is 0 Å². The van der Waals surface area contributed by atoms with Gasteiger partial charge in [0.15, 0.2) is 5.78 Å². The normalized spacial score (nSPS) is 10.7. The summed E-state index contributed by atoms with van der Waals surface area (Å²) in [7, 11) is 0. The highest BCUT2D eigenvalue weighted by molar-refractivity contribution is 9.10. The quantitative estimate of drug-likeness (QED) is 0.742. The highest BCUT2D eigenvalue weighted by Gasteiger charge is 2.17. The number of carbonyl (C=O) groups excluding carboxylic acids is 1. The molecule has 0 aliphatic carbocycles. The molecule has 0 atom stereocenters. The number of benzene rings is 1. The van der Waals surface area contributed by atoms with E-state index in [4.69, 9.17) is 11.6 Å². The molecule has 14 heavy (non-hydrogen) atoms. The van der Waals surface area contributed by atoms with Crippen LogP contribution in [0.25, 0.3) is 0 Å². The molecule has 1 aromatic rings. The smallest absolute Gasteiger partial charge is 0.265 e. The summed E-state index contributed by atoms with van der Waals surface area (Å²) >= 11 is 8.67. The molecule has 5 heteroatoms. The lowest BCUT2D eigenvalue weighted by Gasteiger charge is -2.07. The van der Waals surface area contributed by atoms with Crippen molar-refractivity contribution in [2.75, 3.05) is 0 Å². The van der Waals surface area contributed by atoms with Crippen molar-refractivity contribution in [3.63, 3.8) is 0 Å². The van der Waals surface area contributed by atoms with Gasteiger partial charge in [-0.1, -0.05) is 17.7 Å². The van der Waals surface area contributed by atoms with Crippen LogP contribution in [0.4, 0.5) is 8.78 Å². The van der Waals surface area contributed by atoms with Gasteiger partial charge >= 0.3 is 0 Å². The van der Waals surface area contributed by atoms with Crippen LogP contribution in [0.5, 0.6) is 0 Å². The van der Waals surface area contributed by atoms with Gasteiger partial charge in [0.05, 0.1) is 5.02 Å². The lowest BCUT2D eigenvalue weighted by atomic mass is 10.1. The third-order valence-corrected chi connectivity index (χ3v) is 3.19. The molecule has 0 N–H and O–H groups in total. The number of hydrogen-bond acceptors (Lipinski definition) is 1. The van der Waals surface area contributed by atoms with E-state index in [-0.39, 0.29) is 20.8 Å². The lowest BCUT2D eigenvalue weighted by Crippen LogP contribution is -1.97. The number of rotatable bonds is 2. The average molecular weight is 283 g/mol. The second kappa shape index (κ2) is 4.36. The molecule has 0 amide bonds. The van der Waals surface area contributed by atoms with Gasteiger partial charge in [-0.2, -0.15) is 0 Å². The Bertz CT molecular complexity index is 379. The Hall–Kier alpha value is -0.480. The molecular formula is C9H6BrClF2O. The third kappa shape index (κ3) is 2.12. The number of alkyl halides is 2. The van der Waals surface area contributed by atoms with Crippen LogP contribution in [0.2, 0.25) is 5.02 Å². The number of Topliss-reactive ketones (excluding diaryl/α,β-unsaturated/α-hetero) is 1. The van der Waals surface area contributed by atoms with E-state index < -0.39 is 6.43 Å². The van der Waals surface area contributed by atoms with E-state index in [0.29, 0.717) is 5.56 Å². The summed E-state index contributed by atoms with van der Waals surface area (Å²) in [5.74, 6) is -0.223. The molecule has 0 radical (unpaired) electrons. The predicted molar refractivity (Wildman–Crippen MR) is 54.1 cm³/mol. The molecule has 1 nitrogen and oxygen atoms in total. The Morgan fingerprint density at radius 2 is 2.07 bits per heavy atom. The number of carbonyl (C=O) groups is 1. The minimum absolute atomic E-state index is 0.104. The zero-order valence-corrected chi connectivity index (χ0v) is 9.49. The Morgan fingerprint density at radius 1 is 1.50 bits per heavy atom. The summed E-state index contributed by atoms with van der Waals surface area (Å²) in [6.07, 6.45) is -2.64. The van der Waals surface area contributed by atoms with Gasteiger partial charge in [0, 0.05) is 15.6 Å². The maximum absolute atomic E-state index is 12.4. The molecule has 0 aromatic heterocycles. The van der Waals surface area contributed by atoms with Crippen molar-refractivity contribution in [3.8, 4) is 0 Å². The van der Waals surface area contributed by atoms with Crippen LogP contribution in [0, 0.1) is 0 Å². The van der Waals surface area contributed by atoms with Crippen molar-refractivity contribution < 1.29 is 13.6 Å². The zero-order valence-electron chi connectivity index (χ0n) is 7.15. The van der Waals surface area contributed by atoms with Gasteiger partial charge < -0.3 is 0 Å². The molecule has 1 aromatic carbocycles. The highest BCUT2D eigenvalue weighted by atomic mass is 79.9. The van der Waals surface area contributed by atoms with Gasteiger partial charge in [-0.15, -0.1) is 0 Å². The van der Waals surface area contributed by atoms with E-state index in [9.17, 15) is 13.6 Å². The first-order valence-electron chi connectivity index (χ1n) is 3.72. The van der Waals surface area contributed by atoms with Crippen molar-refractivity contribution >= 4 is 33.3 Å². The van der Waals surface area contributed by atoms with E-state index in [1.807, 2.05) is 0 Å². The lowest BCUT2D eigenvalue weighted by molar-refractivity contribution is 0.101. The SMILES string of the molecule is CC(=O)c1ccc(C(F)F)c(Cl)c1Br. The first-order chi connectivity index (χ1) is 6.45. The first kappa shape index (κ1) is 11.6. The maximum Gasteiger partial charge on any atom is 0.265 e. The Labute approximate surface area is 93.2 Å². The van der Waals surface area contributed by atoms with Crippen molar-refractivity contribution in [1.82, 2.24) is 0 Å². The molecule has 0 fully saturated rings. The van der Waals surface area contributed by atoms with E-state index in [0.717, 1.165) is 6.07 Å². The molecule has 0 heterocycles. The minimum Gasteiger partial charge on any atom is -0.294 e. The highest BCUT2D eigenvalue weighted by Crippen LogP contribution is 2.35. The van der Waals surface area contributed by atoms with Crippen LogP contribution in [-0.2, 0) is 0 Å². The third-order valence-electron chi connectivity index (χ3n) is 1.73. The van der Waals surface area contributed by atoms with Gasteiger partial charge in [0.25, 0.3) is 6.43 Å². The monoisotopic (exact) mass is 282 g/mol. The van der Waals surface area contributed by atoms with Crippen LogP contribution in [-0.4, -0.2) is 5.78 Å². The van der Waals surface area contributed by atoms with Crippen LogP contribution < -0.4 is 0 Å². The van der Waals surface area contributed by atoms with Gasteiger partial charge in [0.2, 0.25) is 0 Å². The predicted octanol–water partition coefficient (Wildman–Crippen LogP) is 4.24. The first-order valence-corrected chi connectivity index (χ1v) is 4.89. The van der Waals surface area contributed by atoms with Crippen LogP contribution >= 0.6 is 27.5 Å². The number of ketones is 1. The summed E-state index contributed by atoms with van der Waals surface area (Å²) < 4.78 is 24.9. The fraction of sp³-hybridized carbons (Fsp3) is 0.222. The second-order valence-corrected chi connectivity index (χ2v) is 3.86. The Balaban J connectivity index is 3.33. The van der Waals surface area contributed by atoms with Crippen molar-refractivity contribution in [2.45, 2.75) is 13.3 Å². The molecule has 0 aliphatic heterocycles. The zero-order chi connectivity index (χ0) is 10.9. The molecule has 0 spiro atoms. The second-order valence-electron chi connectivity index (χ2n) is 2.69. The van der Waals surface area contributed by atoms with Gasteiger partial charge in [0.1, 0.15) is 0 Å². The molecule has 76 valence electrons. The summed E-state index contributed by atoms with van der Waals surface area (Å²) in [4.78, 5) is 11.0. The topological polar surface area (TPSA) is 17.1 Å². The summed E-state index contributed by atoms with van der Waals surface area (Å²) in [5, 5.41) is -0.104. The fourth-order valence-corrected chi connectivity index (χ4v) is 1.89. The molecular weight excluding hydrogens is 277 g/mol. The molecule has 1 rings (SSSR count). The van der Waals surface area contributed by atoms with Gasteiger partial charge in [-0.3, -0.25) is 4.79 Å². The standard InChI is InChI=1S/C9H6BrClF2O/c1-4(14)5-2-3-6(9(12)13)8(11)7(5)10/h2-3,9H,1H3. The van der Waals surface area contributed by atoms with Crippen molar-refractivity contribution in [3.05, 3.63) is 32.8 Å². The number of halogens is 4. The van der Waals surface area contributed by atoms with Crippen molar-refractivity contribution in [2.24, 2.45) is 0 Å². The summed E-state index contributed by atoms with van der Waals surface area (Å²) in [5.41, 5.74) is 0.0305. The van der Waals surface area contributed by atoms with E-state index in [1.54, 1.807) is 0 Å². The molecule has 0 bridgehead atoms. The Kier molecular flexibility index (Phi) is 3.61. The molecule has 0 saturated carbocycles. The summed E-state index contributed by atoms with van der Waals surface area (Å²) in [6, 6.07) is 2.49. The average Bonchev–Trinajstić information content (AvgIpc) is 2.08.